The number of imidazole rings is 2. The van der Waals surface area contributed by atoms with Crippen LogP contribution in [0.15, 0.2) is 6.20 Å². The molecule has 10 heteroatoms. The van der Waals surface area contributed by atoms with Gasteiger partial charge in [0.2, 0.25) is 0 Å². The summed E-state index contributed by atoms with van der Waals surface area (Å²) >= 11 is 6.55. The van der Waals surface area contributed by atoms with E-state index in [2.05, 4.69) is 87.7 Å². The van der Waals surface area contributed by atoms with Gasteiger partial charge in [0.05, 0.1) is 9.90 Å². The quantitative estimate of drug-likeness (QED) is 0.444. The summed E-state index contributed by atoms with van der Waals surface area (Å²) in [5, 5.41) is 7.57. The molecule has 7 nitrogen and oxygen atoms in total. The maximum absolute atomic E-state index is 7.57. The lowest BCUT2D eigenvalue weighted by Crippen LogP contribution is -1.89. The van der Waals surface area contributed by atoms with E-state index in [1.54, 1.807) is 27.3 Å². The minimum absolute atomic E-state index is 0.250. The van der Waals surface area contributed by atoms with Crippen molar-refractivity contribution in [3.05, 3.63) is 28.9 Å². The SMILES string of the molecule is CCO.COCc1nc(I)c(I)[nH]1.COCc1ncc(I)[nH]1. The molecular weight excluding hydrogens is 629 g/mol. The molecule has 0 aliphatic carbocycles. The van der Waals surface area contributed by atoms with Crippen molar-refractivity contribution >= 4 is 67.8 Å². The van der Waals surface area contributed by atoms with Crippen LogP contribution in [0.4, 0.5) is 0 Å². The fourth-order valence-electron chi connectivity index (χ4n) is 1.13. The minimum atomic E-state index is 0.250. The zero-order valence-corrected chi connectivity index (χ0v) is 19.0. The van der Waals surface area contributed by atoms with Gasteiger partial charge < -0.3 is 24.5 Å². The highest BCUT2D eigenvalue weighted by Crippen LogP contribution is 2.11. The third kappa shape index (κ3) is 10.3. The van der Waals surface area contributed by atoms with Gasteiger partial charge >= 0.3 is 0 Å². The van der Waals surface area contributed by atoms with E-state index in [-0.39, 0.29) is 6.61 Å². The summed E-state index contributed by atoms with van der Waals surface area (Å²) in [6.07, 6.45) is 1.77. The van der Waals surface area contributed by atoms with Gasteiger partial charge in [-0.15, -0.1) is 0 Å². The number of nitrogens with zero attached hydrogens (tertiary/aromatic N) is 2. The molecule has 0 radical (unpaired) electrons. The first kappa shape index (κ1) is 22.5. The lowest BCUT2D eigenvalue weighted by Gasteiger charge is -1.89. The van der Waals surface area contributed by atoms with Crippen LogP contribution in [0.5, 0.6) is 0 Å². The van der Waals surface area contributed by atoms with E-state index < -0.39 is 0 Å². The van der Waals surface area contributed by atoms with Crippen LogP contribution in [0, 0.1) is 11.1 Å². The van der Waals surface area contributed by atoms with Crippen molar-refractivity contribution in [2.24, 2.45) is 0 Å². The number of rotatable bonds is 4. The second-order valence-electron chi connectivity index (χ2n) is 3.65. The molecule has 2 rings (SSSR count). The number of aliphatic hydroxyl groups is 1. The van der Waals surface area contributed by atoms with Gasteiger partial charge in [0.15, 0.2) is 0 Å². The van der Waals surface area contributed by atoms with Crippen LogP contribution in [0.25, 0.3) is 0 Å². The highest BCUT2D eigenvalue weighted by molar-refractivity contribution is 14.1. The first-order chi connectivity index (χ1) is 10.5. The summed E-state index contributed by atoms with van der Waals surface area (Å²) in [6.45, 7) is 3.04. The zero-order chi connectivity index (χ0) is 17.0. The van der Waals surface area contributed by atoms with Crippen molar-refractivity contribution in [3.63, 3.8) is 0 Å². The molecule has 126 valence electrons. The van der Waals surface area contributed by atoms with Crippen LogP contribution < -0.4 is 0 Å². The number of halogens is 3. The average Bonchev–Trinajstić information content (AvgIpc) is 2.99. The zero-order valence-electron chi connectivity index (χ0n) is 12.5. The van der Waals surface area contributed by atoms with Crippen molar-refractivity contribution in [2.45, 2.75) is 20.1 Å². The van der Waals surface area contributed by atoms with E-state index >= 15 is 0 Å². The summed E-state index contributed by atoms with van der Waals surface area (Å²) in [5.74, 6) is 1.76. The number of hydrogen-bond donors (Lipinski definition) is 3. The van der Waals surface area contributed by atoms with Gasteiger partial charge in [-0.1, -0.05) is 0 Å². The largest absolute Gasteiger partial charge is 0.397 e. The molecule has 0 saturated carbocycles. The smallest absolute Gasteiger partial charge is 0.134 e. The fraction of sp³-hybridized carbons (Fsp3) is 0.500. The second-order valence-corrected chi connectivity index (χ2v) is 6.91. The van der Waals surface area contributed by atoms with Crippen LogP contribution in [-0.2, 0) is 22.7 Å². The third-order valence-electron chi connectivity index (χ3n) is 1.83. The molecule has 0 spiro atoms. The van der Waals surface area contributed by atoms with Crippen LogP contribution in [0.1, 0.15) is 18.6 Å². The molecule has 2 aromatic heterocycles. The van der Waals surface area contributed by atoms with Gasteiger partial charge in [-0.3, -0.25) is 0 Å². The van der Waals surface area contributed by atoms with Gasteiger partial charge in [-0.2, -0.15) is 0 Å². The normalized spacial score (nSPS) is 9.59. The number of aromatic amines is 2. The van der Waals surface area contributed by atoms with Crippen molar-refractivity contribution in [3.8, 4) is 0 Å². The summed E-state index contributed by atoms with van der Waals surface area (Å²) in [4.78, 5) is 14.3. The number of H-pyrrole nitrogens is 2. The second kappa shape index (κ2) is 13.9. The Bertz CT molecular complexity index is 500. The monoisotopic (exact) mass is 648 g/mol. The predicted octanol–water partition coefficient (Wildman–Crippen LogP) is 2.92. The Labute approximate surface area is 170 Å². The van der Waals surface area contributed by atoms with Crippen LogP contribution >= 0.6 is 67.8 Å². The van der Waals surface area contributed by atoms with E-state index in [9.17, 15) is 0 Å². The Morgan fingerprint density at radius 3 is 2.00 bits per heavy atom. The molecule has 0 aromatic carbocycles. The molecule has 3 N–H and O–H groups in total. The first-order valence-electron chi connectivity index (χ1n) is 6.16. The van der Waals surface area contributed by atoms with Gasteiger partial charge in [0.25, 0.3) is 0 Å². The van der Waals surface area contributed by atoms with E-state index in [1.807, 2.05) is 0 Å². The molecule has 0 bridgehead atoms. The van der Waals surface area contributed by atoms with Gasteiger partial charge in [-0.05, 0) is 74.7 Å². The Morgan fingerprint density at radius 2 is 1.64 bits per heavy atom. The van der Waals surface area contributed by atoms with Crippen molar-refractivity contribution in [2.75, 3.05) is 20.8 Å². The third-order valence-corrected chi connectivity index (χ3v) is 4.97. The molecule has 0 unspecified atom stereocenters. The lowest BCUT2D eigenvalue weighted by molar-refractivity contribution is 0.178. The van der Waals surface area contributed by atoms with E-state index in [0.29, 0.717) is 13.2 Å². The molecule has 0 atom stereocenters. The first-order valence-corrected chi connectivity index (χ1v) is 9.40. The number of aromatic nitrogens is 4. The van der Waals surface area contributed by atoms with E-state index in [0.717, 1.165) is 22.8 Å². The van der Waals surface area contributed by atoms with Gasteiger partial charge in [0.1, 0.15) is 32.3 Å². The lowest BCUT2D eigenvalue weighted by atomic mass is 10.7. The van der Waals surface area contributed by atoms with Gasteiger partial charge in [-0.25, -0.2) is 9.97 Å². The van der Waals surface area contributed by atoms with Gasteiger partial charge in [0, 0.05) is 20.8 Å². The fourth-order valence-corrected chi connectivity index (χ4v) is 2.43. The molecule has 0 saturated heterocycles. The van der Waals surface area contributed by atoms with Crippen molar-refractivity contribution < 1.29 is 14.6 Å². The summed E-state index contributed by atoms with van der Waals surface area (Å²) in [5.41, 5.74) is 0. The van der Waals surface area contributed by atoms with Crippen LogP contribution in [0.2, 0.25) is 0 Å². The molecule has 2 aromatic rings. The number of aliphatic hydroxyl groups excluding tert-OH is 1. The highest BCUT2D eigenvalue weighted by atomic mass is 127. The molecule has 0 aliphatic rings. The molecular formula is C12H19I3N4O3. The predicted molar refractivity (Wildman–Crippen MR) is 110 cm³/mol. The van der Waals surface area contributed by atoms with Crippen molar-refractivity contribution in [1.29, 1.82) is 0 Å². The average molecular weight is 648 g/mol. The Hall–Kier alpha value is 0.490. The Morgan fingerprint density at radius 1 is 1.09 bits per heavy atom. The molecule has 0 amide bonds. The summed E-state index contributed by atoms with van der Waals surface area (Å²) < 4.78 is 12.9. The maximum atomic E-state index is 7.57. The van der Waals surface area contributed by atoms with Crippen LogP contribution in [0.3, 0.4) is 0 Å². The van der Waals surface area contributed by atoms with Crippen LogP contribution in [-0.4, -0.2) is 45.9 Å². The Balaban J connectivity index is 0.000000342. The molecule has 0 aliphatic heterocycles. The Kier molecular flexibility index (Phi) is 14.2. The minimum Gasteiger partial charge on any atom is -0.397 e. The number of nitrogens with one attached hydrogen (secondary N) is 2. The topological polar surface area (TPSA) is 96.1 Å². The molecule has 22 heavy (non-hydrogen) atoms. The molecule has 2 heterocycles. The van der Waals surface area contributed by atoms with E-state index in [1.165, 1.54) is 0 Å². The maximum Gasteiger partial charge on any atom is 0.134 e. The number of methoxy groups -OCH3 is 2. The van der Waals surface area contributed by atoms with E-state index in [4.69, 9.17) is 14.6 Å². The number of hydrogen-bond acceptors (Lipinski definition) is 5. The number of ether oxygens (including phenoxy) is 2. The van der Waals surface area contributed by atoms with Crippen molar-refractivity contribution in [1.82, 2.24) is 19.9 Å². The summed E-state index contributed by atoms with van der Waals surface area (Å²) in [6, 6.07) is 0. The molecule has 0 fully saturated rings. The standard InChI is InChI=1S/C5H6I2N2O.C5H7IN2O.C2H6O/c1-10-2-3-8-4(6)5(7)9-3;1-9-3-5-7-2-4(6)8-5;1-2-3/h2H2,1H3,(H,8,9);2H,3H2,1H3,(H,7,8);3H,2H2,1H3. The summed E-state index contributed by atoms with van der Waals surface area (Å²) in [7, 11) is 3.30. The highest BCUT2D eigenvalue weighted by Gasteiger charge is 2.02.